The van der Waals surface area contributed by atoms with Crippen molar-refractivity contribution in [3.8, 4) is 0 Å². The smallest absolute Gasteiger partial charge is 0.00266 e. The molecule has 0 atom stereocenters. The third-order valence-electron chi connectivity index (χ3n) is 8.33. The molecular weight excluding hydrogens is 516 g/mol. The maximum atomic E-state index is 2.36. The second kappa shape index (κ2) is 13.0. The van der Waals surface area contributed by atoms with Gasteiger partial charge >= 0.3 is 0 Å². The fraction of sp³-hybridized carbons (Fsp3) is 0.256. The zero-order chi connectivity index (χ0) is 30.7. The molecule has 0 heterocycles. The van der Waals surface area contributed by atoms with E-state index in [4.69, 9.17) is 0 Å². The third-order valence-corrected chi connectivity index (χ3v) is 8.33. The molecule has 7 aromatic rings. The van der Waals surface area contributed by atoms with Crippen molar-refractivity contribution in [2.75, 3.05) is 0 Å². The van der Waals surface area contributed by atoms with E-state index in [9.17, 15) is 0 Å². The molecule has 0 bridgehead atoms. The number of rotatable bonds is 0. The molecule has 1 aliphatic carbocycles. The van der Waals surface area contributed by atoms with Gasteiger partial charge in [0.05, 0.1) is 0 Å². The minimum atomic E-state index is 1.17. The van der Waals surface area contributed by atoms with E-state index in [0.29, 0.717) is 0 Å². The highest BCUT2D eigenvalue weighted by atomic mass is 14.1. The maximum absolute atomic E-state index is 2.36. The molecule has 0 fully saturated rings. The van der Waals surface area contributed by atoms with Gasteiger partial charge < -0.3 is 0 Å². The van der Waals surface area contributed by atoms with E-state index in [1.54, 1.807) is 0 Å². The minimum Gasteiger partial charge on any atom is -0.0763 e. The highest BCUT2D eigenvalue weighted by molar-refractivity contribution is 6.23. The Labute approximate surface area is 257 Å². The van der Waals surface area contributed by atoms with Gasteiger partial charge in [-0.25, -0.2) is 0 Å². The van der Waals surface area contributed by atoms with Gasteiger partial charge in [0.2, 0.25) is 0 Å². The van der Waals surface area contributed by atoms with E-state index in [-0.39, 0.29) is 0 Å². The largest absolute Gasteiger partial charge is 0.0763 e. The van der Waals surface area contributed by atoms with Gasteiger partial charge in [0.15, 0.2) is 0 Å². The molecule has 0 heteroatoms. The maximum Gasteiger partial charge on any atom is -0.00266 e. The summed E-state index contributed by atoms with van der Waals surface area (Å²) in [5.74, 6) is 0. The number of hydrogen-bond donors (Lipinski definition) is 0. The van der Waals surface area contributed by atoms with Crippen molar-refractivity contribution in [1.82, 2.24) is 0 Å². The normalized spacial score (nSPS) is 12.0. The van der Waals surface area contributed by atoms with Gasteiger partial charge in [-0.2, -0.15) is 0 Å². The molecular formula is C43H46. The van der Waals surface area contributed by atoms with Crippen molar-refractivity contribution in [2.24, 2.45) is 0 Å². The Balaban J connectivity index is 0.000000150. The van der Waals surface area contributed by atoms with E-state index in [1.165, 1.54) is 106 Å². The lowest BCUT2D eigenvalue weighted by atomic mass is 9.92. The van der Waals surface area contributed by atoms with Crippen molar-refractivity contribution in [2.45, 2.75) is 74.7 Å². The highest BCUT2D eigenvalue weighted by Gasteiger charge is 2.09. The van der Waals surface area contributed by atoms with Crippen LogP contribution in [0.3, 0.4) is 0 Å². The SMILES string of the molecule is CC.CCC.Cc1cc2ccc3cc(C)cc4ccc(c1)c2c34.Cc1ccc(C)c2cc3cc4c(cc3cc12)=CCCC=4. The Hall–Kier alpha value is -4.16. The summed E-state index contributed by atoms with van der Waals surface area (Å²) < 4.78 is 0. The lowest BCUT2D eigenvalue weighted by Crippen LogP contribution is -2.26. The van der Waals surface area contributed by atoms with E-state index >= 15 is 0 Å². The van der Waals surface area contributed by atoms with E-state index in [0.717, 1.165) is 0 Å². The van der Waals surface area contributed by atoms with Crippen LogP contribution in [0.4, 0.5) is 0 Å². The topological polar surface area (TPSA) is 0 Å². The minimum absolute atomic E-state index is 1.17. The summed E-state index contributed by atoms with van der Waals surface area (Å²) in [6, 6.07) is 32.0. The molecule has 0 spiro atoms. The summed E-state index contributed by atoms with van der Waals surface area (Å²) >= 11 is 0. The average Bonchev–Trinajstić information content (AvgIpc) is 3.01. The summed E-state index contributed by atoms with van der Waals surface area (Å²) in [6.45, 7) is 17.0. The van der Waals surface area contributed by atoms with Gasteiger partial charge in [-0.1, -0.05) is 107 Å². The zero-order valence-electron chi connectivity index (χ0n) is 27.4. The van der Waals surface area contributed by atoms with Crippen molar-refractivity contribution in [3.05, 3.63) is 118 Å². The molecule has 43 heavy (non-hydrogen) atoms. The van der Waals surface area contributed by atoms with Gasteiger partial charge in [-0.15, -0.1) is 0 Å². The first-order chi connectivity index (χ1) is 20.9. The summed E-state index contributed by atoms with van der Waals surface area (Å²) in [7, 11) is 0. The Kier molecular flexibility index (Phi) is 9.16. The second-order valence-electron chi connectivity index (χ2n) is 11.9. The average molecular weight is 563 g/mol. The molecule has 0 aromatic heterocycles. The lowest BCUT2D eigenvalue weighted by molar-refractivity contribution is 1.09. The van der Waals surface area contributed by atoms with Crippen molar-refractivity contribution in [3.63, 3.8) is 0 Å². The van der Waals surface area contributed by atoms with Gasteiger partial charge in [0.1, 0.15) is 0 Å². The second-order valence-corrected chi connectivity index (χ2v) is 11.9. The molecule has 0 saturated carbocycles. The lowest BCUT2D eigenvalue weighted by Gasteiger charge is -2.12. The zero-order valence-corrected chi connectivity index (χ0v) is 27.4. The predicted molar refractivity (Wildman–Crippen MR) is 195 cm³/mol. The van der Waals surface area contributed by atoms with Gasteiger partial charge in [-0.3, -0.25) is 0 Å². The Bertz CT molecular complexity index is 1950. The highest BCUT2D eigenvalue weighted by Crippen LogP contribution is 2.35. The van der Waals surface area contributed by atoms with Crippen LogP contribution in [0.1, 0.15) is 69.2 Å². The monoisotopic (exact) mass is 562 g/mol. The number of benzene rings is 7. The summed E-state index contributed by atoms with van der Waals surface area (Å²) in [5, 5.41) is 16.5. The number of aryl methyl sites for hydroxylation is 4. The molecule has 1 aliphatic rings. The van der Waals surface area contributed by atoms with E-state index in [1.807, 2.05) is 13.8 Å². The van der Waals surface area contributed by atoms with Crippen molar-refractivity contribution in [1.29, 1.82) is 0 Å². The molecule has 218 valence electrons. The Morgan fingerprint density at radius 3 is 1.09 bits per heavy atom. The quantitative estimate of drug-likeness (QED) is 0.127. The first-order valence-corrected chi connectivity index (χ1v) is 16.2. The standard InChI is InChI=1S/C20H18.C18H14.C3H8.C2H6/c1-13-7-8-14(2)20-12-18-10-16-6-4-3-5-15(16)9-17(18)11-19(13)20;1-11-7-13-3-5-15-9-12(2)10-16-6-4-14(8-11)17(13)18(15)16;1-3-2;1-2/h5-12H,3-4H2,1-2H3;3-10H,1-2H3;3H2,1-2H3;1-2H3. The molecule has 8 rings (SSSR count). The molecule has 0 radical (unpaired) electrons. The Morgan fingerprint density at radius 1 is 0.442 bits per heavy atom. The van der Waals surface area contributed by atoms with Crippen LogP contribution in [0.15, 0.2) is 84.9 Å². The third kappa shape index (κ3) is 6.02. The molecule has 0 unspecified atom stereocenters. The van der Waals surface area contributed by atoms with Gasteiger partial charge in [0.25, 0.3) is 0 Å². The van der Waals surface area contributed by atoms with Crippen LogP contribution in [-0.4, -0.2) is 0 Å². The summed E-state index contributed by atoms with van der Waals surface area (Å²) in [4.78, 5) is 0. The van der Waals surface area contributed by atoms with Crippen LogP contribution in [0.25, 0.3) is 66.0 Å². The van der Waals surface area contributed by atoms with Crippen LogP contribution in [0.2, 0.25) is 0 Å². The van der Waals surface area contributed by atoms with Crippen LogP contribution >= 0.6 is 0 Å². The number of hydrogen-bond acceptors (Lipinski definition) is 0. The molecule has 0 amide bonds. The van der Waals surface area contributed by atoms with Crippen LogP contribution in [-0.2, 0) is 0 Å². The fourth-order valence-electron chi connectivity index (χ4n) is 6.45. The molecule has 0 aliphatic heterocycles. The van der Waals surface area contributed by atoms with E-state index in [2.05, 4.69) is 139 Å². The van der Waals surface area contributed by atoms with Crippen molar-refractivity contribution < 1.29 is 0 Å². The summed E-state index contributed by atoms with van der Waals surface area (Å²) in [6.07, 6.45) is 8.32. The molecule has 0 nitrogen and oxygen atoms in total. The first kappa shape index (κ1) is 30.3. The van der Waals surface area contributed by atoms with Crippen molar-refractivity contribution >= 4 is 66.0 Å². The predicted octanol–water partition coefficient (Wildman–Crippen LogP) is 11.6. The summed E-state index contributed by atoms with van der Waals surface area (Å²) in [5.41, 5.74) is 5.38. The van der Waals surface area contributed by atoms with Gasteiger partial charge in [-0.05, 0) is 151 Å². The molecule has 0 saturated heterocycles. The number of fused-ring (bicyclic) bond motifs is 3. The van der Waals surface area contributed by atoms with Crippen LogP contribution < -0.4 is 10.4 Å². The van der Waals surface area contributed by atoms with E-state index < -0.39 is 0 Å². The fourth-order valence-corrected chi connectivity index (χ4v) is 6.45. The van der Waals surface area contributed by atoms with Gasteiger partial charge in [0, 0.05) is 0 Å². The van der Waals surface area contributed by atoms with Crippen LogP contribution in [0.5, 0.6) is 0 Å². The molecule has 0 N–H and O–H groups in total. The first-order valence-electron chi connectivity index (χ1n) is 16.2. The molecule has 7 aromatic carbocycles. The Morgan fingerprint density at radius 2 is 0.767 bits per heavy atom. The van der Waals surface area contributed by atoms with Crippen LogP contribution in [0, 0.1) is 27.7 Å².